The van der Waals surface area contributed by atoms with E-state index in [0.717, 1.165) is 18.9 Å². The van der Waals surface area contributed by atoms with Gasteiger partial charge in [-0.3, -0.25) is 14.4 Å². The number of fused-ring (bicyclic) bond motifs is 1. The van der Waals surface area contributed by atoms with Crippen molar-refractivity contribution in [2.24, 2.45) is 0 Å². The molecule has 0 saturated heterocycles. The Morgan fingerprint density at radius 2 is 1.97 bits per heavy atom. The molecule has 0 spiro atoms. The number of Topliss-reactive ketones (excluding diaryl/α,β-unsaturated/α-hetero) is 1. The molecule has 0 radical (unpaired) electrons. The predicted octanol–water partition coefficient (Wildman–Crippen LogP) is 3.25. The number of carbonyl (C=O) groups is 3. The van der Waals surface area contributed by atoms with Crippen molar-refractivity contribution in [3.63, 3.8) is 0 Å². The molecule has 1 aromatic carbocycles. The Hall–Kier alpha value is -2.71. The summed E-state index contributed by atoms with van der Waals surface area (Å²) in [4.78, 5) is 38.6. The predicted molar refractivity (Wildman–Crippen MR) is 115 cm³/mol. The molecular formula is C22H25ClFN3O4. The van der Waals surface area contributed by atoms with E-state index in [1.165, 1.54) is 12.1 Å². The van der Waals surface area contributed by atoms with Crippen molar-refractivity contribution in [1.82, 2.24) is 9.88 Å². The van der Waals surface area contributed by atoms with Crippen LogP contribution in [0.5, 0.6) is 0 Å². The number of aliphatic hydroxyl groups excluding tert-OH is 1. The number of ketones is 1. The van der Waals surface area contributed by atoms with Gasteiger partial charge in [0.15, 0.2) is 0 Å². The van der Waals surface area contributed by atoms with Crippen LogP contribution in [0.4, 0.5) is 10.1 Å². The van der Waals surface area contributed by atoms with E-state index < -0.39 is 29.0 Å². The highest BCUT2D eigenvalue weighted by molar-refractivity contribution is 6.43. The average Bonchev–Trinajstić information content (AvgIpc) is 3.01. The Morgan fingerprint density at radius 1 is 1.26 bits per heavy atom. The van der Waals surface area contributed by atoms with Crippen LogP contribution in [0.1, 0.15) is 58.8 Å². The summed E-state index contributed by atoms with van der Waals surface area (Å²) in [7, 11) is 0. The molecule has 31 heavy (non-hydrogen) atoms. The van der Waals surface area contributed by atoms with E-state index in [9.17, 15) is 23.9 Å². The van der Waals surface area contributed by atoms with Crippen LogP contribution in [0.25, 0.3) is 0 Å². The van der Waals surface area contributed by atoms with Gasteiger partial charge in [0.05, 0.1) is 28.4 Å². The van der Waals surface area contributed by atoms with E-state index in [0.29, 0.717) is 35.5 Å². The number of carbonyl (C=O) groups excluding carboxylic acids is 3. The number of aromatic nitrogens is 1. The minimum absolute atomic E-state index is 0.118. The quantitative estimate of drug-likeness (QED) is 0.465. The molecule has 9 heteroatoms. The molecule has 1 aliphatic heterocycles. The molecule has 0 bridgehead atoms. The topological polar surface area (TPSA) is 100 Å². The summed E-state index contributed by atoms with van der Waals surface area (Å²) in [6, 6.07) is 3.86. The van der Waals surface area contributed by atoms with Gasteiger partial charge >= 0.3 is 0 Å². The Bertz CT molecular complexity index is 1060. The first kappa shape index (κ1) is 23.0. The molecule has 0 unspecified atom stereocenters. The summed E-state index contributed by atoms with van der Waals surface area (Å²) < 4.78 is 15.2. The zero-order valence-electron chi connectivity index (χ0n) is 17.6. The molecule has 0 saturated carbocycles. The molecule has 166 valence electrons. The van der Waals surface area contributed by atoms with Gasteiger partial charge in [0.2, 0.25) is 0 Å². The van der Waals surface area contributed by atoms with Crippen molar-refractivity contribution in [3.05, 3.63) is 51.6 Å². The van der Waals surface area contributed by atoms with Crippen molar-refractivity contribution >= 4 is 34.9 Å². The first-order chi connectivity index (χ1) is 14.6. The molecule has 3 rings (SSSR count). The largest absolute Gasteiger partial charge is 0.394 e. The molecular weight excluding hydrogens is 425 g/mol. The normalized spacial score (nSPS) is 13.5. The number of amides is 2. The van der Waals surface area contributed by atoms with Crippen molar-refractivity contribution < 1.29 is 23.9 Å². The lowest BCUT2D eigenvalue weighted by molar-refractivity contribution is -0.119. The highest BCUT2D eigenvalue weighted by Gasteiger charge is 2.33. The molecule has 0 aliphatic carbocycles. The molecule has 0 atom stereocenters. The standard InChI is InChI=1S/C22H25ClFN3O4/c1-12-17(20(30)25-13-7-8-15(24)14(23)10-13)16-6-4-5-9-27(16)18(12)19(29)21(31)26-22(2,3)11-28/h7-8,10,28H,4-6,9,11H2,1-3H3,(H,25,30)(H,26,31). The molecule has 1 aromatic heterocycles. The molecule has 0 fully saturated rings. The summed E-state index contributed by atoms with van der Waals surface area (Å²) in [6.45, 7) is 5.03. The van der Waals surface area contributed by atoms with Gasteiger partial charge in [-0.15, -0.1) is 0 Å². The summed E-state index contributed by atoms with van der Waals surface area (Å²) >= 11 is 5.80. The number of aliphatic hydroxyl groups is 1. The molecule has 2 aromatic rings. The number of nitrogens with zero attached hydrogens (tertiary/aromatic N) is 1. The van der Waals surface area contributed by atoms with E-state index in [-0.39, 0.29) is 17.3 Å². The van der Waals surface area contributed by atoms with Gasteiger partial charge in [0, 0.05) is 17.9 Å². The Balaban J connectivity index is 1.98. The second kappa shape index (κ2) is 8.80. The van der Waals surface area contributed by atoms with Crippen molar-refractivity contribution in [2.75, 3.05) is 11.9 Å². The third-order valence-corrected chi connectivity index (χ3v) is 5.62. The molecule has 7 nitrogen and oxygen atoms in total. The van der Waals surface area contributed by atoms with E-state index in [2.05, 4.69) is 10.6 Å². The van der Waals surface area contributed by atoms with Gasteiger partial charge < -0.3 is 20.3 Å². The Kier molecular flexibility index (Phi) is 6.52. The first-order valence-electron chi connectivity index (χ1n) is 10.0. The fraction of sp³-hybridized carbons (Fsp3) is 0.409. The van der Waals surface area contributed by atoms with Crippen LogP contribution in [-0.4, -0.2) is 39.4 Å². The maximum Gasteiger partial charge on any atom is 0.294 e. The number of benzene rings is 1. The SMILES string of the molecule is Cc1c(C(=O)Nc2ccc(F)c(Cl)c2)c2n(c1C(=O)C(=O)NC(C)(C)CO)CCCC2. The zero-order valence-corrected chi connectivity index (χ0v) is 18.4. The highest BCUT2D eigenvalue weighted by Crippen LogP contribution is 2.30. The van der Waals surface area contributed by atoms with E-state index in [4.69, 9.17) is 11.6 Å². The number of hydrogen-bond acceptors (Lipinski definition) is 4. The van der Waals surface area contributed by atoms with Gasteiger partial charge in [0.1, 0.15) is 5.82 Å². The van der Waals surface area contributed by atoms with E-state index >= 15 is 0 Å². The van der Waals surface area contributed by atoms with Crippen LogP contribution in [0.2, 0.25) is 5.02 Å². The molecule has 3 N–H and O–H groups in total. The number of nitrogens with one attached hydrogen (secondary N) is 2. The van der Waals surface area contributed by atoms with E-state index in [1.54, 1.807) is 25.3 Å². The Morgan fingerprint density at radius 3 is 2.61 bits per heavy atom. The number of hydrogen-bond donors (Lipinski definition) is 3. The van der Waals surface area contributed by atoms with Gasteiger partial charge in [-0.25, -0.2) is 4.39 Å². The fourth-order valence-corrected chi connectivity index (χ4v) is 3.93. The van der Waals surface area contributed by atoms with Crippen molar-refractivity contribution in [1.29, 1.82) is 0 Å². The lowest BCUT2D eigenvalue weighted by atomic mass is 10.0. The number of anilines is 1. The van der Waals surface area contributed by atoms with Gasteiger partial charge in [0.25, 0.3) is 17.6 Å². The average molecular weight is 450 g/mol. The second-order valence-corrected chi connectivity index (χ2v) is 8.72. The maximum atomic E-state index is 13.4. The van der Waals surface area contributed by atoms with Crippen LogP contribution in [-0.2, 0) is 17.8 Å². The fourth-order valence-electron chi connectivity index (χ4n) is 3.75. The third kappa shape index (κ3) is 4.65. The van der Waals surface area contributed by atoms with Crippen LogP contribution in [0.3, 0.4) is 0 Å². The number of halogens is 2. The van der Waals surface area contributed by atoms with Gasteiger partial charge in [-0.2, -0.15) is 0 Å². The van der Waals surface area contributed by atoms with Crippen LogP contribution < -0.4 is 10.6 Å². The third-order valence-electron chi connectivity index (χ3n) is 5.33. The molecule has 2 amide bonds. The molecule has 2 heterocycles. The maximum absolute atomic E-state index is 13.4. The van der Waals surface area contributed by atoms with Crippen LogP contribution >= 0.6 is 11.6 Å². The second-order valence-electron chi connectivity index (χ2n) is 8.31. The summed E-state index contributed by atoms with van der Waals surface area (Å²) in [5.74, 6) is -2.65. The smallest absolute Gasteiger partial charge is 0.294 e. The summed E-state index contributed by atoms with van der Waals surface area (Å²) in [5.41, 5.74) is 0.958. The Labute approximate surface area is 184 Å². The minimum Gasteiger partial charge on any atom is -0.394 e. The lowest BCUT2D eigenvalue weighted by Crippen LogP contribution is -2.49. The van der Waals surface area contributed by atoms with Crippen LogP contribution in [0.15, 0.2) is 18.2 Å². The van der Waals surface area contributed by atoms with Gasteiger partial charge in [-0.1, -0.05) is 11.6 Å². The summed E-state index contributed by atoms with van der Waals surface area (Å²) in [5, 5.41) is 14.5. The van der Waals surface area contributed by atoms with Crippen molar-refractivity contribution in [3.8, 4) is 0 Å². The lowest BCUT2D eigenvalue weighted by Gasteiger charge is -2.23. The van der Waals surface area contributed by atoms with Crippen LogP contribution in [0, 0.1) is 12.7 Å². The van der Waals surface area contributed by atoms with Crippen molar-refractivity contribution in [2.45, 2.75) is 52.1 Å². The minimum atomic E-state index is -0.958. The highest BCUT2D eigenvalue weighted by atomic mass is 35.5. The monoisotopic (exact) mass is 449 g/mol. The van der Waals surface area contributed by atoms with E-state index in [1.807, 2.05) is 0 Å². The summed E-state index contributed by atoms with van der Waals surface area (Å²) in [6.07, 6.45) is 2.26. The molecule has 1 aliphatic rings. The first-order valence-corrected chi connectivity index (χ1v) is 10.4. The number of rotatable bonds is 6. The zero-order chi connectivity index (χ0) is 22.9. The van der Waals surface area contributed by atoms with Gasteiger partial charge in [-0.05, 0) is 63.8 Å².